The Balaban J connectivity index is 2.17. The van der Waals surface area contributed by atoms with E-state index >= 15 is 0 Å². The number of anilines is 1. The fourth-order valence-electron chi connectivity index (χ4n) is 2.94. The second-order valence-electron chi connectivity index (χ2n) is 5.35. The maximum absolute atomic E-state index is 12.3. The quantitative estimate of drug-likeness (QED) is 0.411. The molecule has 0 aliphatic carbocycles. The minimum atomic E-state index is -0.147. The second-order valence-corrected chi connectivity index (χ2v) is 5.35. The van der Waals surface area contributed by atoms with Gasteiger partial charge in [-0.05, 0) is 34.7 Å². The molecule has 0 unspecified atom stereocenters. The first kappa shape index (κ1) is 12.7. The molecule has 0 saturated heterocycles. The number of nitrogens with two attached hydrogens (primary N) is 1. The Labute approximate surface area is 127 Å². The van der Waals surface area contributed by atoms with Crippen LogP contribution in [0.5, 0.6) is 0 Å². The number of fused-ring (bicyclic) bond motifs is 3. The number of aromatic amines is 1. The molecular formula is C19H14N2O. The number of pyridine rings is 1. The summed E-state index contributed by atoms with van der Waals surface area (Å²) in [6.45, 7) is 0. The van der Waals surface area contributed by atoms with Gasteiger partial charge in [0.25, 0.3) is 5.56 Å². The van der Waals surface area contributed by atoms with Crippen molar-refractivity contribution >= 4 is 27.4 Å². The molecule has 3 heteroatoms. The SMILES string of the molecule is Nc1cc(-c2ccccc2)cc2c1c(=O)[nH]c1ccccc12. The van der Waals surface area contributed by atoms with Gasteiger partial charge in [0.15, 0.2) is 0 Å². The van der Waals surface area contributed by atoms with Gasteiger partial charge in [0.2, 0.25) is 0 Å². The van der Waals surface area contributed by atoms with Crippen molar-refractivity contribution in [1.82, 2.24) is 4.98 Å². The van der Waals surface area contributed by atoms with E-state index in [9.17, 15) is 4.79 Å². The van der Waals surface area contributed by atoms with Crippen LogP contribution in [0.1, 0.15) is 0 Å². The van der Waals surface area contributed by atoms with E-state index in [1.807, 2.05) is 66.7 Å². The first-order valence-electron chi connectivity index (χ1n) is 7.14. The van der Waals surface area contributed by atoms with Crippen LogP contribution in [0.3, 0.4) is 0 Å². The first-order chi connectivity index (χ1) is 10.7. The zero-order chi connectivity index (χ0) is 15.1. The molecule has 0 saturated carbocycles. The summed E-state index contributed by atoms with van der Waals surface area (Å²) in [7, 11) is 0. The second kappa shape index (κ2) is 4.74. The van der Waals surface area contributed by atoms with Gasteiger partial charge >= 0.3 is 0 Å². The predicted octanol–water partition coefficient (Wildman–Crippen LogP) is 3.93. The van der Waals surface area contributed by atoms with Crippen LogP contribution in [0.2, 0.25) is 0 Å². The summed E-state index contributed by atoms with van der Waals surface area (Å²) in [6, 6.07) is 21.7. The normalized spacial score (nSPS) is 11.1. The maximum Gasteiger partial charge on any atom is 0.258 e. The van der Waals surface area contributed by atoms with Gasteiger partial charge in [0.05, 0.1) is 5.39 Å². The molecule has 3 nitrogen and oxygen atoms in total. The van der Waals surface area contributed by atoms with E-state index in [-0.39, 0.29) is 5.56 Å². The lowest BCUT2D eigenvalue weighted by Gasteiger charge is -2.09. The average Bonchev–Trinajstić information content (AvgIpc) is 2.55. The van der Waals surface area contributed by atoms with Crippen molar-refractivity contribution in [2.75, 3.05) is 5.73 Å². The van der Waals surface area contributed by atoms with E-state index in [0.29, 0.717) is 11.1 Å². The van der Waals surface area contributed by atoms with Crippen LogP contribution in [0, 0.1) is 0 Å². The Kier molecular flexibility index (Phi) is 2.73. The number of rotatable bonds is 1. The highest BCUT2D eigenvalue weighted by Gasteiger charge is 2.10. The van der Waals surface area contributed by atoms with E-state index in [2.05, 4.69) is 4.98 Å². The van der Waals surface area contributed by atoms with Gasteiger partial charge in [0.1, 0.15) is 0 Å². The standard InChI is InChI=1S/C19H14N2O/c20-16-11-13(12-6-2-1-3-7-12)10-15-14-8-4-5-9-17(14)21-19(22)18(15)16/h1-11H,20H2,(H,21,22). The molecule has 0 aliphatic rings. The summed E-state index contributed by atoms with van der Waals surface area (Å²) in [5.41, 5.74) is 9.44. The number of benzene rings is 3. The van der Waals surface area contributed by atoms with E-state index in [4.69, 9.17) is 5.73 Å². The highest BCUT2D eigenvalue weighted by atomic mass is 16.1. The molecule has 4 aromatic rings. The van der Waals surface area contributed by atoms with Crippen LogP contribution in [-0.2, 0) is 0 Å². The highest BCUT2D eigenvalue weighted by molar-refractivity contribution is 6.10. The minimum Gasteiger partial charge on any atom is -0.398 e. The molecule has 106 valence electrons. The molecule has 0 atom stereocenters. The Hall–Kier alpha value is -3.07. The number of nitrogen functional groups attached to an aromatic ring is 1. The van der Waals surface area contributed by atoms with Gasteiger partial charge in [-0.15, -0.1) is 0 Å². The van der Waals surface area contributed by atoms with E-state index in [1.165, 1.54) is 0 Å². The lowest BCUT2D eigenvalue weighted by atomic mass is 9.98. The van der Waals surface area contributed by atoms with Crippen molar-refractivity contribution < 1.29 is 0 Å². The third kappa shape index (κ3) is 1.87. The fourth-order valence-corrected chi connectivity index (χ4v) is 2.94. The van der Waals surface area contributed by atoms with Crippen molar-refractivity contribution in [2.45, 2.75) is 0 Å². The van der Waals surface area contributed by atoms with Crippen molar-refractivity contribution in [3.8, 4) is 11.1 Å². The zero-order valence-corrected chi connectivity index (χ0v) is 11.8. The van der Waals surface area contributed by atoms with Crippen molar-refractivity contribution in [3.63, 3.8) is 0 Å². The number of H-pyrrole nitrogens is 1. The fraction of sp³-hybridized carbons (Fsp3) is 0. The van der Waals surface area contributed by atoms with Crippen molar-refractivity contribution in [3.05, 3.63) is 77.1 Å². The maximum atomic E-state index is 12.3. The Bertz CT molecular complexity index is 1050. The van der Waals surface area contributed by atoms with Gasteiger partial charge in [-0.2, -0.15) is 0 Å². The molecule has 3 aromatic carbocycles. The number of aromatic nitrogens is 1. The van der Waals surface area contributed by atoms with E-state index < -0.39 is 0 Å². The molecule has 0 amide bonds. The van der Waals surface area contributed by atoms with E-state index in [0.717, 1.165) is 27.4 Å². The molecule has 0 aliphatic heterocycles. The largest absolute Gasteiger partial charge is 0.398 e. The summed E-state index contributed by atoms with van der Waals surface area (Å²) in [6.07, 6.45) is 0. The molecular weight excluding hydrogens is 272 g/mol. The Morgan fingerprint density at radius 3 is 2.32 bits per heavy atom. The van der Waals surface area contributed by atoms with Crippen LogP contribution in [0.25, 0.3) is 32.8 Å². The summed E-state index contributed by atoms with van der Waals surface area (Å²) in [5.74, 6) is 0. The molecule has 1 heterocycles. The highest BCUT2D eigenvalue weighted by Crippen LogP contribution is 2.31. The van der Waals surface area contributed by atoms with Crippen molar-refractivity contribution in [2.24, 2.45) is 0 Å². The molecule has 0 fully saturated rings. The summed E-state index contributed by atoms with van der Waals surface area (Å²) in [5, 5.41) is 2.44. The average molecular weight is 286 g/mol. The molecule has 1 aromatic heterocycles. The zero-order valence-electron chi connectivity index (χ0n) is 11.8. The lowest BCUT2D eigenvalue weighted by molar-refractivity contribution is 1.34. The molecule has 22 heavy (non-hydrogen) atoms. The third-order valence-corrected chi connectivity index (χ3v) is 3.97. The lowest BCUT2D eigenvalue weighted by Crippen LogP contribution is -2.09. The number of nitrogens with one attached hydrogen (secondary N) is 1. The van der Waals surface area contributed by atoms with Crippen LogP contribution < -0.4 is 11.3 Å². The van der Waals surface area contributed by atoms with Gasteiger partial charge in [-0.1, -0.05) is 48.5 Å². The van der Waals surface area contributed by atoms with Gasteiger partial charge in [-0.25, -0.2) is 0 Å². The summed E-state index contributed by atoms with van der Waals surface area (Å²) < 4.78 is 0. The topological polar surface area (TPSA) is 58.9 Å². The predicted molar refractivity (Wildman–Crippen MR) is 91.9 cm³/mol. The van der Waals surface area contributed by atoms with E-state index in [1.54, 1.807) is 0 Å². The van der Waals surface area contributed by atoms with Crippen LogP contribution in [-0.4, -0.2) is 4.98 Å². The summed E-state index contributed by atoms with van der Waals surface area (Å²) in [4.78, 5) is 15.2. The molecule has 0 radical (unpaired) electrons. The monoisotopic (exact) mass is 286 g/mol. The molecule has 0 bridgehead atoms. The third-order valence-electron chi connectivity index (χ3n) is 3.97. The Morgan fingerprint density at radius 1 is 0.773 bits per heavy atom. The van der Waals surface area contributed by atoms with Gasteiger partial charge in [-0.3, -0.25) is 4.79 Å². The van der Waals surface area contributed by atoms with Crippen LogP contribution >= 0.6 is 0 Å². The molecule has 4 rings (SSSR count). The Morgan fingerprint density at radius 2 is 1.50 bits per heavy atom. The van der Waals surface area contributed by atoms with Crippen LogP contribution in [0.4, 0.5) is 5.69 Å². The van der Waals surface area contributed by atoms with Crippen molar-refractivity contribution in [1.29, 1.82) is 0 Å². The molecule has 0 spiro atoms. The molecule has 3 N–H and O–H groups in total. The number of hydrogen-bond donors (Lipinski definition) is 2. The summed E-state index contributed by atoms with van der Waals surface area (Å²) >= 11 is 0. The van der Waals surface area contributed by atoms with Crippen LogP contribution in [0.15, 0.2) is 71.5 Å². The number of hydrogen-bond acceptors (Lipinski definition) is 2. The first-order valence-corrected chi connectivity index (χ1v) is 7.14. The minimum absolute atomic E-state index is 0.147. The van der Waals surface area contributed by atoms with Gasteiger partial charge in [0, 0.05) is 16.6 Å². The number of para-hydroxylation sites is 1. The van der Waals surface area contributed by atoms with Gasteiger partial charge < -0.3 is 10.7 Å². The smallest absolute Gasteiger partial charge is 0.258 e.